The van der Waals surface area contributed by atoms with Crippen LogP contribution in [0.2, 0.25) is 0 Å². The van der Waals surface area contributed by atoms with E-state index in [0.29, 0.717) is 0 Å². The van der Waals surface area contributed by atoms with Gasteiger partial charge in [-0.3, -0.25) is 0 Å². The van der Waals surface area contributed by atoms with Gasteiger partial charge in [-0.25, -0.2) is 0 Å². The molecule has 0 spiro atoms. The molecule has 0 unspecified atom stereocenters. The van der Waals surface area contributed by atoms with Gasteiger partial charge in [-0.05, 0) is 14.1 Å². The van der Waals surface area contributed by atoms with Crippen LogP contribution >= 0.6 is 0 Å². The van der Waals surface area contributed by atoms with Crippen molar-refractivity contribution in [3.05, 3.63) is 34.6 Å². The Kier molecular flexibility index (Phi) is 6.35. The van der Waals surface area contributed by atoms with Gasteiger partial charge in [0.1, 0.15) is 0 Å². The number of rotatable bonds is 1. The summed E-state index contributed by atoms with van der Waals surface area (Å²) in [6.07, 6.45) is 7.29. The summed E-state index contributed by atoms with van der Waals surface area (Å²) in [4.78, 5) is 0. The molecule has 0 atom stereocenters. The molecule has 2 heteroatoms. The Balaban J connectivity index is 0.000000292. The van der Waals surface area contributed by atoms with Crippen molar-refractivity contribution in [2.75, 3.05) is 14.1 Å². The van der Waals surface area contributed by atoms with Crippen LogP contribution in [0.25, 0.3) is 0 Å². The molecule has 1 aliphatic carbocycles. The van der Waals surface area contributed by atoms with Gasteiger partial charge in [0.25, 0.3) is 0 Å². The van der Waals surface area contributed by atoms with Crippen molar-refractivity contribution < 1.29 is 0 Å². The van der Waals surface area contributed by atoms with Crippen LogP contribution in [0.4, 0.5) is 0 Å². The molecule has 1 nitrogen and oxygen atoms in total. The maximum atomic E-state index is 3.68. The van der Waals surface area contributed by atoms with Crippen LogP contribution in [-0.4, -0.2) is 31.8 Å². The summed E-state index contributed by atoms with van der Waals surface area (Å²) in [5, 5.41) is 2.75. The molecule has 0 aliphatic heterocycles. The molecule has 1 N–H and O–H groups in total. The molecule has 1 rings (SSSR count). The van der Waals surface area contributed by atoms with Gasteiger partial charge in [0.2, 0.25) is 0 Å². The van der Waals surface area contributed by atoms with E-state index in [2.05, 4.69) is 41.8 Å². The van der Waals surface area contributed by atoms with E-state index in [4.69, 9.17) is 0 Å². The van der Waals surface area contributed by atoms with Crippen molar-refractivity contribution in [3.8, 4) is 0 Å². The molecule has 11 heavy (non-hydrogen) atoms. The monoisotopic (exact) mass is 143 g/mol. The molecule has 0 saturated heterocycles. The van der Waals surface area contributed by atoms with Crippen molar-refractivity contribution in [1.82, 2.24) is 5.32 Å². The number of hydrogen-bond donors (Lipinski definition) is 1. The second-order valence-electron chi connectivity index (χ2n) is 2.55. The molecule has 0 aromatic carbocycles. The number of hydrogen-bond acceptors (Lipinski definition) is 1. The van der Waals surface area contributed by atoms with E-state index in [-0.39, 0.29) is 0 Å². The van der Waals surface area contributed by atoms with E-state index >= 15 is 0 Å². The van der Waals surface area contributed by atoms with Crippen LogP contribution in [0.5, 0.6) is 0 Å². The van der Waals surface area contributed by atoms with Crippen LogP contribution in [0, 0.1) is 0 Å². The zero-order valence-electron chi connectivity index (χ0n) is 7.65. The van der Waals surface area contributed by atoms with E-state index < -0.39 is 0 Å². The van der Waals surface area contributed by atoms with Crippen molar-refractivity contribution >= 4 is 17.7 Å². The summed E-state index contributed by atoms with van der Waals surface area (Å²) in [6, 6.07) is 0. The summed E-state index contributed by atoms with van der Waals surface area (Å²) in [7, 11) is 3.75. The third kappa shape index (κ3) is 4.26. The maximum absolute atomic E-state index is 3.68. The van der Waals surface area contributed by atoms with Gasteiger partial charge in [0, 0.05) is 0 Å². The molecule has 56 valence electrons. The van der Waals surface area contributed by atoms with Crippen LogP contribution in [0.1, 0.15) is 6.42 Å². The van der Waals surface area contributed by atoms with E-state index in [1.807, 2.05) is 20.2 Å². The topological polar surface area (TPSA) is 12.0 Å². The second-order valence-corrected chi connectivity index (χ2v) is 2.55. The molecule has 0 saturated carbocycles. The van der Waals surface area contributed by atoms with Crippen LogP contribution in [0.3, 0.4) is 0 Å². The molecule has 1 aliphatic rings. The molecule has 0 aromatic heterocycles. The van der Waals surface area contributed by atoms with E-state index in [9.17, 15) is 0 Å². The summed E-state index contributed by atoms with van der Waals surface area (Å²) < 4.78 is 1.43. The van der Waals surface area contributed by atoms with Gasteiger partial charge in [-0.2, -0.15) is 0 Å². The van der Waals surface area contributed by atoms with Crippen LogP contribution in [0.15, 0.2) is 34.6 Å². The fourth-order valence-electron chi connectivity index (χ4n) is 0.865. The normalized spacial score (nSPS) is 14.5. The second kappa shape index (κ2) is 6.49. The summed E-state index contributed by atoms with van der Waals surface area (Å²) in [6.45, 7) is 3.68. The SMILES string of the molecule is CNC.[Li][C]1=C(C=C)C=CC1. The van der Waals surface area contributed by atoms with Crippen molar-refractivity contribution in [2.45, 2.75) is 6.42 Å². The van der Waals surface area contributed by atoms with Gasteiger partial charge in [0.15, 0.2) is 0 Å². The number of allylic oxidation sites excluding steroid dienone is 5. The molecule has 0 heterocycles. The quantitative estimate of drug-likeness (QED) is 0.547. The minimum absolute atomic E-state index is 1.11. The molecule has 0 amide bonds. The first-order valence-corrected chi connectivity index (χ1v) is 3.83. The number of nitrogens with one attached hydrogen (secondary N) is 1. The summed E-state index contributed by atoms with van der Waals surface area (Å²) in [5.74, 6) is 0. The molecule has 0 fully saturated rings. The first-order chi connectivity index (χ1) is 5.26. The van der Waals surface area contributed by atoms with E-state index in [0.717, 1.165) is 6.42 Å². The first-order valence-electron chi connectivity index (χ1n) is 3.83. The van der Waals surface area contributed by atoms with Gasteiger partial charge < -0.3 is 5.32 Å². The van der Waals surface area contributed by atoms with Crippen molar-refractivity contribution in [1.29, 1.82) is 0 Å². The Labute approximate surface area is 78.5 Å². The Morgan fingerprint density at radius 2 is 2.18 bits per heavy atom. The zero-order chi connectivity index (χ0) is 8.69. The zero-order valence-corrected chi connectivity index (χ0v) is 7.65. The van der Waals surface area contributed by atoms with Gasteiger partial charge in [-0.1, -0.05) is 0 Å². The Morgan fingerprint density at radius 3 is 2.36 bits per heavy atom. The molecule has 0 aromatic rings. The van der Waals surface area contributed by atoms with Gasteiger partial charge >= 0.3 is 58.8 Å². The Hall–Kier alpha value is -0.223. The van der Waals surface area contributed by atoms with E-state index in [1.54, 1.807) is 0 Å². The predicted molar refractivity (Wildman–Crippen MR) is 51.7 cm³/mol. The average molecular weight is 143 g/mol. The Morgan fingerprint density at radius 1 is 1.64 bits per heavy atom. The fraction of sp³-hybridized carbons (Fsp3) is 0.333. The molecular formula is C9H14LiN. The van der Waals surface area contributed by atoms with Crippen LogP contribution in [-0.2, 0) is 0 Å². The minimum atomic E-state index is 1.11. The average Bonchev–Trinajstić information content (AvgIpc) is 2.36. The third-order valence-corrected chi connectivity index (χ3v) is 1.43. The molecular weight excluding hydrogens is 129 g/mol. The van der Waals surface area contributed by atoms with Crippen molar-refractivity contribution in [3.63, 3.8) is 0 Å². The molecule has 0 bridgehead atoms. The van der Waals surface area contributed by atoms with Crippen LogP contribution < -0.4 is 5.32 Å². The van der Waals surface area contributed by atoms with Gasteiger partial charge in [0.05, 0.1) is 0 Å². The fourth-order valence-corrected chi connectivity index (χ4v) is 0.865. The third-order valence-electron chi connectivity index (χ3n) is 1.43. The Bertz CT molecular complexity index is 180. The van der Waals surface area contributed by atoms with E-state index in [1.165, 1.54) is 9.82 Å². The van der Waals surface area contributed by atoms with Crippen molar-refractivity contribution in [2.24, 2.45) is 0 Å². The standard InChI is InChI=1S/C7H7.C2H7N.Li/c1-2-7-5-3-4-6-7;1-3-2;/h2-3,5H,1,4H2;3H,1-2H3;. The summed E-state index contributed by atoms with van der Waals surface area (Å²) >= 11 is 2.14. The summed E-state index contributed by atoms with van der Waals surface area (Å²) in [5.41, 5.74) is 1.30. The molecule has 0 radical (unpaired) electrons. The predicted octanol–water partition coefficient (Wildman–Crippen LogP) is 1.39. The first kappa shape index (κ1) is 10.8. The van der Waals surface area contributed by atoms with Gasteiger partial charge in [-0.15, -0.1) is 0 Å².